The number of benzene rings is 2. The van der Waals surface area contributed by atoms with E-state index >= 15 is 0 Å². The summed E-state index contributed by atoms with van der Waals surface area (Å²) in [5.74, 6) is 1.13. The van der Waals surface area contributed by atoms with Crippen LogP contribution in [-0.4, -0.2) is 42.5 Å². The molecule has 0 saturated carbocycles. The van der Waals surface area contributed by atoms with E-state index in [1.807, 2.05) is 11.9 Å². The van der Waals surface area contributed by atoms with Crippen molar-refractivity contribution < 1.29 is 4.79 Å². The monoisotopic (exact) mass is 405 g/mol. The van der Waals surface area contributed by atoms with E-state index in [1.54, 1.807) is 0 Å². The molecule has 2 fully saturated rings. The van der Waals surface area contributed by atoms with Gasteiger partial charge in [-0.3, -0.25) is 0 Å². The zero-order chi connectivity index (χ0) is 21.4. The van der Waals surface area contributed by atoms with Crippen LogP contribution in [0.1, 0.15) is 53.2 Å². The van der Waals surface area contributed by atoms with Gasteiger partial charge in [0.25, 0.3) is 0 Å². The molecule has 0 spiro atoms. The molecule has 2 aliphatic rings. The van der Waals surface area contributed by atoms with Crippen LogP contribution >= 0.6 is 0 Å². The lowest BCUT2D eigenvalue weighted by atomic mass is 9.78. The summed E-state index contributed by atoms with van der Waals surface area (Å²) >= 11 is 0. The summed E-state index contributed by atoms with van der Waals surface area (Å²) in [7, 11) is 1.96. The molecule has 4 atom stereocenters. The number of nitrogens with zero attached hydrogens (tertiary/aromatic N) is 2. The van der Waals surface area contributed by atoms with Crippen LogP contribution in [0.2, 0.25) is 0 Å². The zero-order valence-corrected chi connectivity index (χ0v) is 19.0. The highest BCUT2D eigenvalue weighted by atomic mass is 16.2. The molecule has 2 aromatic rings. The lowest BCUT2D eigenvalue weighted by Crippen LogP contribution is -2.51. The minimum absolute atomic E-state index is 0.0352. The quantitative estimate of drug-likeness (QED) is 0.779. The number of hydrogen-bond acceptors (Lipinski definition) is 2. The Bertz CT molecular complexity index is 904. The fourth-order valence-electron chi connectivity index (χ4n) is 5.49. The van der Waals surface area contributed by atoms with Gasteiger partial charge in [0.1, 0.15) is 0 Å². The van der Waals surface area contributed by atoms with Crippen LogP contribution in [0.15, 0.2) is 42.5 Å². The molecule has 0 aliphatic carbocycles. The van der Waals surface area contributed by atoms with Crippen molar-refractivity contribution in [2.45, 2.75) is 46.2 Å². The molecule has 4 rings (SSSR count). The number of aryl methyl sites for hydroxylation is 3. The predicted molar refractivity (Wildman–Crippen MR) is 123 cm³/mol. The van der Waals surface area contributed by atoms with Crippen molar-refractivity contribution >= 4 is 6.03 Å². The maximum absolute atomic E-state index is 13.8. The Morgan fingerprint density at radius 1 is 1.10 bits per heavy atom. The van der Waals surface area contributed by atoms with Crippen molar-refractivity contribution in [3.05, 3.63) is 70.3 Å². The highest BCUT2D eigenvalue weighted by molar-refractivity contribution is 5.75. The SMILES string of the molecule is Cc1cc(C)cc([C@@H](C)N(C)C(=O)N2CC[C@@H]3CNCC3[C@@H]2c2ccccc2C)c1. The predicted octanol–water partition coefficient (Wildman–Crippen LogP) is 5.01. The second kappa shape index (κ2) is 8.43. The molecular weight excluding hydrogens is 370 g/mol. The van der Waals surface area contributed by atoms with Crippen molar-refractivity contribution in [1.29, 1.82) is 0 Å². The van der Waals surface area contributed by atoms with Gasteiger partial charge in [0.05, 0.1) is 12.1 Å². The van der Waals surface area contributed by atoms with Gasteiger partial charge in [-0.2, -0.15) is 0 Å². The van der Waals surface area contributed by atoms with Crippen molar-refractivity contribution in [3.63, 3.8) is 0 Å². The Labute approximate surface area is 181 Å². The first kappa shape index (κ1) is 20.9. The van der Waals surface area contributed by atoms with Gasteiger partial charge in [-0.15, -0.1) is 0 Å². The number of fused-ring (bicyclic) bond motifs is 1. The highest BCUT2D eigenvalue weighted by Gasteiger charge is 2.44. The summed E-state index contributed by atoms with van der Waals surface area (Å²) in [5.41, 5.74) is 6.27. The van der Waals surface area contributed by atoms with Crippen LogP contribution in [0.5, 0.6) is 0 Å². The van der Waals surface area contributed by atoms with Gasteiger partial charge in [0, 0.05) is 26.1 Å². The highest BCUT2D eigenvalue weighted by Crippen LogP contribution is 2.43. The maximum atomic E-state index is 13.8. The van der Waals surface area contributed by atoms with Crippen LogP contribution in [-0.2, 0) is 0 Å². The lowest BCUT2D eigenvalue weighted by molar-refractivity contribution is 0.0706. The molecule has 1 unspecified atom stereocenters. The van der Waals surface area contributed by atoms with Crippen LogP contribution in [0.25, 0.3) is 0 Å². The summed E-state index contributed by atoms with van der Waals surface area (Å²) in [6.45, 7) is 11.4. The van der Waals surface area contributed by atoms with Crippen LogP contribution in [0.4, 0.5) is 4.79 Å². The number of carbonyl (C=O) groups excluding carboxylic acids is 1. The molecule has 2 aromatic carbocycles. The minimum atomic E-state index is 0.0352. The van der Waals surface area contributed by atoms with Crippen molar-refractivity contribution in [1.82, 2.24) is 15.1 Å². The smallest absolute Gasteiger partial charge is 0.320 e. The van der Waals surface area contributed by atoms with E-state index in [2.05, 4.69) is 80.4 Å². The third-order valence-electron chi connectivity index (χ3n) is 7.24. The molecular formula is C26H35N3O. The topological polar surface area (TPSA) is 35.6 Å². The first-order valence-electron chi connectivity index (χ1n) is 11.2. The summed E-state index contributed by atoms with van der Waals surface area (Å²) in [4.78, 5) is 17.9. The first-order valence-corrected chi connectivity index (χ1v) is 11.2. The maximum Gasteiger partial charge on any atom is 0.320 e. The third kappa shape index (κ3) is 3.85. The average molecular weight is 406 g/mol. The second-order valence-corrected chi connectivity index (χ2v) is 9.36. The van der Waals surface area contributed by atoms with E-state index in [4.69, 9.17) is 0 Å². The molecule has 0 bridgehead atoms. The molecule has 0 radical (unpaired) electrons. The molecule has 2 saturated heterocycles. The number of piperidine rings is 1. The number of amides is 2. The number of hydrogen-bond donors (Lipinski definition) is 1. The fraction of sp³-hybridized carbons (Fsp3) is 0.500. The fourth-order valence-corrected chi connectivity index (χ4v) is 5.49. The van der Waals surface area contributed by atoms with E-state index < -0.39 is 0 Å². The van der Waals surface area contributed by atoms with E-state index in [1.165, 1.54) is 27.8 Å². The molecule has 4 nitrogen and oxygen atoms in total. The number of urea groups is 1. The Kier molecular flexibility index (Phi) is 5.88. The van der Waals surface area contributed by atoms with E-state index in [0.29, 0.717) is 11.8 Å². The number of nitrogens with one attached hydrogen (secondary N) is 1. The zero-order valence-electron chi connectivity index (χ0n) is 19.0. The largest absolute Gasteiger partial charge is 0.321 e. The van der Waals surface area contributed by atoms with Gasteiger partial charge in [-0.1, -0.05) is 53.6 Å². The molecule has 1 N–H and O–H groups in total. The molecule has 4 heteroatoms. The number of carbonyl (C=O) groups is 1. The Morgan fingerprint density at radius 2 is 1.80 bits per heavy atom. The first-order chi connectivity index (χ1) is 14.4. The van der Waals surface area contributed by atoms with Gasteiger partial charge in [-0.25, -0.2) is 4.79 Å². The van der Waals surface area contributed by atoms with Gasteiger partial charge < -0.3 is 15.1 Å². The molecule has 0 aromatic heterocycles. The average Bonchev–Trinajstić information content (AvgIpc) is 3.20. The van der Waals surface area contributed by atoms with Crippen molar-refractivity contribution in [3.8, 4) is 0 Å². The summed E-state index contributed by atoms with van der Waals surface area (Å²) in [6.07, 6.45) is 1.08. The Morgan fingerprint density at radius 3 is 2.50 bits per heavy atom. The van der Waals surface area contributed by atoms with Gasteiger partial charge in [0.15, 0.2) is 0 Å². The Hall–Kier alpha value is -2.33. The van der Waals surface area contributed by atoms with Crippen LogP contribution < -0.4 is 5.32 Å². The molecule has 160 valence electrons. The van der Waals surface area contributed by atoms with Gasteiger partial charge >= 0.3 is 6.03 Å². The summed E-state index contributed by atoms with van der Waals surface area (Å²) < 4.78 is 0. The van der Waals surface area contributed by atoms with Crippen molar-refractivity contribution in [2.24, 2.45) is 11.8 Å². The minimum Gasteiger partial charge on any atom is -0.321 e. The van der Waals surface area contributed by atoms with Crippen LogP contribution in [0, 0.1) is 32.6 Å². The van der Waals surface area contributed by atoms with E-state index in [-0.39, 0.29) is 18.1 Å². The van der Waals surface area contributed by atoms with Crippen molar-refractivity contribution in [2.75, 3.05) is 26.7 Å². The summed E-state index contributed by atoms with van der Waals surface area (Å²) in [5, 5.41) is 3.58. The standard InChI is InChI=1S/C26H35N3O/c1-17-12-18(2)14-22(13-17)20(4)28(5)26(30)29-11-10-21-15-27-16-24(21)25(29)23-9-7-6-8-19(23)3/h6-9,12-14,20-21,24-25,27H,10-11,15-16H2,1-5H3/t20-,21-,24?,25+/m1/s1. The second-order valence-electron chi connectivity index (χ2n) is 9.36. The number of rotatable bonds is 3. The molecule has 2 heterocycles. The normalized spacial score (nSPS) is 24.4. The molecule has 2 amide bonds. The van der Waals surface area contributed by atoms with E-state index in [0.717, 1.165) is 26.1 Å². The van der Waals surface area contributed by atoms with Gasteiger partial charge in [0.2, 0.25) is 0 Å². The molecule has 2 aliphatic heterocycles. The summed E-state index contributed by atoms with van der Waals surface area (Å²) in [6, 6.07) is 15.5. The van der Waals surface area contributed by atoms with Crippen LogP contribution in [0.3, 0.4) is 0 Å². The Balaban J connectivity index is 1.64. The lowest BCUT2D eigenvalue weighted by Gasteiger charge is -2.45. The molecule has 30 heavy (non-hydrogen) atoms. The number of likely N-dealkylation sites (tertiary alicyclic amines) is 1. The van der Waals surface area contributed by atoms with E-state index in [9.17, 15) is 4.79 Å². The van der Waals surface area contributed by atoms with Gasteiger partial charge in [-0.05, 0) is 63.3 Å². The third-order valence-corrected chi connectivity index (χ3v) is 7.24.